The summed E-state index contributed by atoms with van der Waals surface area (Å²) in [5.41, 5.74) is 1.14. The monoisotopic (exact) mass is 221 g/mol. The highest BCUT2D eigenvalue weighted by atomic mass is 16.5. The molecule has 16 heavy (non-hydrogen) atoms. The molecule has 2 atom stereocenters. The molecule has 1 saturated heterocycles. The number of hydrogen-bond donors (Lipinski definition) is 1. The van der Waals surface area contributed by atoms with Crippen molar-refractivity contribution in [1.82, 2.24) is 0 Å². The molecule has 3 nitrogen and oxygen atoms in total. The van der Waals surface area contributed by atoms with Crippen LogP contribution >= 0.6 is 0 Å². The molecule has 1 N–H and O–H groups in total. The van der Waals surface area contributed by atoms with Crippen molar-refractivity contribution in [3.05, 3.63) is 30.3 Å². The molecule has 1 aromatic rings. The smallest absolute Gasteiger partial charge is 0.0765 e. The number of aliphatic hydroxyl groups excluding tert-OH is 1. The van der Waals surface area contributed by atoms with Gasteiger partial charge in [-0.1, -0.05) is 18.2 Å². The van der Waals surface area contributed by atoms with Gasteiger partial charge in [-0.15, -0.1) is 0 Å². The Morgan fingerprint density at radius 3 is 2.81 bits per heavy atom. The minimum absolute atomic E-state index is 0.297. The molecule has 3 heteroatoms. The molecule has 0 radical (unpaired) electrons. The van der Waals surface area contributed by atoms with Crippen LogP contribution in [0.15, 0.2) is 30.3 Å². The first kappa shape index (κ1) is 11.4. The molecule has 1 aliphatic heterocycles. The zero-order chi connectivity index (χ0) is 11.4. The Kier molecular flexibility index (Phi) is 3.80. The number of hydrogen-bond acceptors (Lipinski definition) is 3. The van der Waals surface area contributed by atoms with Crippen LogP contribution in [0.3, 0.4) is 0 Å². The normalized spacial score (nSPS) is 22.0. The van der Waals surface area contributed by atoms with Gasteiger partial charge in [0.2, 0.25) is 0 Å². The van der Waals surface area contributed by atoms with E-state index < -0.39 is 0 Å². The SMILES string of the molecule is CN(CC(O)C1CCOC1)c1ccccc1. The lowest BCUT2D eigenvalue weighted by Crippen LogP contribution is -2.34. The van der Waals surface area contributed by atoms with Crippen LogP contribution in [0, 0.1) is 5.92 Å². The minimum atomic E-state index is -0.298. The average molecular weight is 221 g/mol. The first-order chi connectivity index (χ1) is 7.77. The summed E-state index contributed by atoms with van der Waals surface area (Å²) in [6.07, 6.45) is 0.678. The van der Waals surface area contributed by atoms with Gasteiger partial charge in [0.25, 0.3) is 0 Å². The van der Waals surface area contributed by atoms with Gasteiger partial charge < -0.3 is 14.7 Å². The Bertz CT molecular complexity index is 309. The Morgan fingerprint density at radius 2 is 2.19 bits per heavy atom. The van der Waals surface area contributed by atoms with E-state index in [9.17, 15) is 5.11 Å². The number of likely N-dealkylation sites (N-methyl/N-ethyl adjacent to an activating group) is 1. The molecule has 0 aromatic heterocycles. The third kappa shape index (κ3) is 2.74. The van der Waals surface area contributed by atoms with Gasteiger partial charge in [-0.2, -0.15) is 0 Å². The quantitative estimate of drug-likeness (QED) is 0.836. The molecule has 0 amide bonds. The number of nitrogens with zero attached hydrogens (tertiary/aromatic N) is 1. The Balaban J connectivity index is 1.89. The lowest BCUT2D eigenvalue weighted by Gasteiger charge is -2.25. The van der Waals surface area contributed by atoms with Crippen LogP contribution in [-0.4, -0.2) is 38.0 Å². The summed E-state index contributed by atoms with van der Waals surface area (Å²) in [5, 5.41) is 10.1. The largest absolute Gasteiger partial charge is 0.391 e. The fourth-order valence-corrected chi connectivity index (χ4v) is 2.07. The topological polar surface area (TPSA) is 32.7 Å². The van der Waals surface area contributed by atoms with Gasteiger partial charge in [-0.05, 0) is 18.6 Å². The van der Waals surface area contributed by atoms with E-state index in [1.165, 1.54) is 0 Å². The lowest BCUT2D eigenvalue weighted by atomic mass is 10.0. The van der Waals surface area contributed by atoms with E-state index in [1.807, 2.05) is 25.2 Å². The van der Waals surface area contributed by atoms with Crippen molar-refractivity contribution < 1.29 is 9.84 Å². The minimum Gasteiger partial charge on any atom is -0.391 e. The maximum Gasteiger partial charge on any atom is 0.0765 e. The zero-order valence-corrected chi connectivity index (χ0v) is 9.67. The molecule has 0 aliphatic carbocycles. The second-order valence-electron chi connectivity index (χ2n) is 4.41. The van der Waals surface area contributed by atoms with Gasteiger partial charge in [0, 0.05) is 31.8 Å². The third-order valence-electron chi connectivity index (χ3n) is 3.17. The molecule has 0 bridgehead atoms. The molecular weight excluding hydrogens is 202 g/mol. The highest BCUT2D eigenvalue weighted by Crippen LogP contribution is 2.19. The van der Waals surface area contributed by atoms with Gasteiger partial charge in [0.15, 0.2) is 0 Å². The Morgan fingerprint density at radius 1 is 1.44 bits per heavy atom. The molecule has 1 fully saturated rings. The highest BCUT2D eigenvalue weighted by molar-refractivity contribution is 5.45. The van der Waals surface area contributed by atoms with Gasteiger partial charge in [-0.3, -0.25) is 0 Å². The molecule has 1 aliphatic rings. The van der Waals surface area contributed by atoms with Gasteiger partial charge >= 0.3 is 0 Å². The van der Waals surface area contributed by atoms with Crippen LogP contribution < -0.4 is 4.90 Å². The van der Waals surface area contributed by atoms with Gasteiger partial charge in [0.1, 0.15) is 0 Å². The van der Waals surface area contributed by atoms with E-state index in [4.69, 9.17) is 4.74 Å². The van der Waals surface area contributed by atoms with E-state index in [0.29, 0.717) is 19.1 Å². The maximum atomic E-state index is 10.1. The number of aliphatic hydroxyl groups is 1. The predicted octanol–water partition coefficient (Wildman–Crippen LogP) is 1.52. The summed E-state index contributed by atoms with van der Waals surface area (Å²) in [6.45, 7) is 2.15. The van der Waals surface area contributed by atoms with Crippen LogP contribution in [0.2, 0.25) is 0 Å². The van der Waals surface area contributed by atoms with E-state index in [-0.39, 0.29) is 6.10 Å². The van der Waals surface area contributed by atoms with Crippen molar-refractivity contribution in [3.8, 4) is 0 Å². The first-order valence-electron chi connectivity index (χ1n) is 5.79. The molecule has 1 heterocycles. The molecule has 2 unspecified atom stereocenters. The van der Waals surface area contributed by atoms with Gasteiger partial charge in [-0.25, -0.2) is 0 Å². The second-order valence-corrected chi connectivity index (χ2v) is 4.41. The summed E-state index contributed by atoms with van der Waals surface area (Å²) in [6, 6.07) is 10.1. The van der Waals surface area contributed by atoms with Crippen molar-refractivity contribution >= 4 is 5.69 Å². The van der Waals surface area contributed by atoms with Crippen molar-refractivity contribution in [2.24, 2.45) is 5.92 Å². The standard InChI is InChI=1S/C13H19NO2/c1-14(12-5-3-2-4-6-12)9-13(15)11-7-8-16-10-11/h2-6,11,13,15H,7-10H2,1H3. The molecule has 0 saturated carbocycles. The molecule has 0 spiro atoms. The number of rotatable bonds is 4. The van der Waals surface area contributed by atoms with E-state index >= 15 is 0 Å². The zero-order valence-electron chi connectivity index (χ0n) is 9.67. The van der Waals surface area contributed by atoms with E-state index in [1.54, 1.807) is 0 Å². The summed E-state index contributed by atoms with van der Waals surface area (Å²) in [5.74, 6) is 0.297. The summed E-state index contributed by atoms with van der Waals surface area (Å²) in [7, 11) is 2.01. The van der Waals surface area contributed by atoms with E-state index in [2.05, 4.69) is 17.0 Å². The predicted molar refractivity (Wildman–Crippen MR) is 64.6 cm³/mol. The molecule has 1 aromatic carbocycles. The van der Waals surface area contributed by atoms with Crippen LogP contribution in [0.4, 0.5) is 5.69 Å². The molecule has 2 rings (SSSR count). The number of ether oxygens (including phenoxy) is 1. The van der Waals surface area contributed by atoms with Crippen LogP contribution in [0.1, 0.15) is 6.42 Å². The highest BCUT2D eigenvalue weighted by Gasteiger charge is 2.24. The maximum absolute atomic E-state index is 10.1. The number of anilines is 1. The third-order valence-corrected chi connectivity index (χ3v) is 3.17. The Hall–Kier alpha value is -1.06. The first-order valence-corrected chi connectivity index (χ1v) is 5.79. The molecule has 88 valence electrons. The fourth-order valence-electron chi connectivity index (χ4n) is 2.07. The van der Waals surface area contributed by atoms with Crippen LogP contribution in [0.5, 0.6) is 0 Å². The van der Waals surface area contributed by atoms with Crippen LogP contribution in [0.25, 0.3) is 0 Å². The van der Waals surface area contributed by atoms with Crippen molar-refractivity contribution in [1.29, 1.82) is 0 Å². The van der Waals surface area contributed by atoms with Crippen molar-refractivity contribution in [3.63, 3.8) is 0 Å². The summed E-state index contributed by atoms with van der Waals surface area (Å²) < 4.78 is 5.29. The fraction of sp³-hybridized carbons (Fsp3) is 0.538. The van der Waals surface area contributed by atoms with E-state index in [0.717, 1.165) is 18.7 Å². The summed E-state index contributed by atoms with van der Waals surface area (Å²) >= 11 is 0. The van der Waals surface area contributed by atoms with Crippen LogP contribution in [-0.2, 0) is 4.74 Å². The second kappa shape index (κ2) is 5.32. The van der Waals surface area contributed by atoms with Gasteiger partial charge in [0.05, 0.1) is 12.7 Å². The summed E-state index contributed by atoms with van der Waals surface area (Å²) in [4.78, 5) is 2.09. The van der Waals surface area contributed by atoms with Crippen molar-refractivity contribution in [2.75, 3.05) is 31.7 Å². The Labute approximate surface area is 96.6 Å². The number of para-hydroxylation sites is 1. The average Bonchev–Trinajstić information content (AvgIpc) is 2.83. The lowest BCUT2D eigenvalue weighted by molar-refractivity contribution is 0.0970. The number of benzene rings is 1. The molecular formula is C13H19NO2. The van der Waals surface area contributed by atoms with Crippen molar-refractivity contribution in [2.45, 2.75) is 12.5 Å².